The average molecular weight is 482 g/mol. The highest BCUT2D eigenvalue weighted by molar-refractivity contribution is 8.00. The van der Waals surface area contributed by atoms with Gasteiger partial charge in [0.15, 0.2) is 11.5 Å². The Kier molecular flexibility index (Phi) is 6.93. The standard InChI is InChI=1S/C23H19FN4O5S/c1-25-21(30)16-9-13(4-6-17(16)24)28-22(31)15-3-2-8-26-23(15)34-11-20(29)27-14-5-7-18-19(10-14)33-12-32-18/h2-10H,11-12H2,1H3,(H,25,30)(H,27,29)(H,28,31). The van der Waals surface area contributed by atoms with Gasteiger partial charge in [0.25, 0.3) is 11.8 Å². The van der Waals surface area contributed by atoms with E-state index in [4.69, 9.17) is 9.47 Å². The number of benzene rings is 2. The maximum absolute atomic E-state index is 13.9. The number of amides is 3. The summed E-state index contributed by atoms with van der Waals surface area (Å²) in [6.45, 7) is 0.137. The monoisotopic (exact) mass is 482 g/mol. The lowest BCUT2D eigenvalue weighted by Gasteiger charge is -2.11. The second-order valence-electron chi connectivity index (χ2n) is 6.99. The fraction of sp³-hybridized carbons (Fsp3) is 0.130. The predicted molar refractivity (Wildman–Crippen MR) is 124 cm³/mol. The fourth-order valence-corrected chi connectivity index (χ4v) is 3.89. The number of ether oxygens (including phenoxy) is 2. The molecule has 3 N–H and O–H groups in total. The zero-order valence-corrected chi connectivity index (χ0v) is 18.7. The van der Waals surface area contributed by atoms with Gasteiger partial charge in [-0.05, 0) is 42.5 Å². The molecule has 2 heterocycles. The van der Waals surface area contributed by atoms with Crippen molar-refractivity contribution in [1.82, 2.24) is 10.3 Å². The van der Waals surface area contributed by atoms with Crippen LogP contribution in [-0.2, 0) is 4.79 Å². The largest absolute Gasteiger partial charge is 0.454 e. The number of anilines is 2. The minimum Gasteiger partial charge on any atom is -0.454 e. The van der Waals surface area contributed by atoms with Crippen LogP contribution in [0.5, 0.6) is 11.5 Å². The lowest BCUT2D eigenvalue weighted by molar-refractivity contribution is -0.113. The van der Waals surface area contributed by atoms with E-state index in [-0.39, 0.29) is 35.3 Å². The fourth-order valence-electron chi connectivity index (χ4n) is 3.09. The number of pyridine rings is 1. The van der Waals surface area contributed by atoms with Crippen molar-refractivity contribution in [3.05, 3.63) is 71.7 Å². The lowest BCUT2D eigenvalue weighted by atomic mass is 10.1. The van der Waals surface area contributed by atoms with Gasteiger partial charge in [-0.15, -0.1) is 0 Å². The van der Waals surface area contributed by atoms with Crippen LogP contribution in [0.1, 0.15) is 20.7 Å². The van der Waals surface area contributed by atoms with Crippen molar-refractivity contribution >= 4 is 40.9 Å². The first-order valence-corrected chi connectivity index (χ1v) is 11.0. The molecule has 0 fully saturated rings. The highest BCUT2D eigenvalue weighted by Gasteiger charge is 2.18. The Labute approximate surface area is 198 Å². The number of nitrogens with one attached hydrogen (secondary N) is 3. The molecule has 4 rings (SSSR count). The maximum atomic E-state index is 13.9. The van der Waals surface area contributed by atoms with Gasteiger partial charge in [-0.1, -0.05) is 11.8 Å². The number of rotatable bonds is 7. The van der Waals surface area contributed by atoms with Gasteiger partial charge in [0.05, 0.1) is 16.9 Å². The van der Waals surface area contributed by atoms with Crippen molar-refractivity contribution in [2.24, 2.45) is 0 Å². The Hall–Kier alpha value is -4.12. The first-order valence-electron chi connectivity index (χ1n) is 10.0. The van der Waals surface area contributed by atoms with E-state index in [1.165, 1.54) is 25.4 Å². The molecular weight excluding hydrogens is 463 g/mol. The Morgan fingerprint density at radius 2 is 1.74 bits per heavy atom. The van der Waals surface area contributed by atoms with Crippen LogP contribution in [0.15, 0.2) is 59.8 Å². The first kappa shape index (κ1) is 23.1. The summed E-state index contributed by atoms with van der Waals surface area (Å²) in [5.74, 6) is -0.961. The van der Waals surface area contributed by atoms with E-state index in [2.05, 4.69) is 20.9 Å². The van der Waals surface area contributed by atoms with Crippen LogP contribution in [0.2, 0.25) is 0 Å². The highest BCUT2D eigenvalue weighted by Crippen LogP contribution is 2.34. The molecule has 0 radical (unpaired) electrons. The van der Waals surface area contributed by atoms with Crippen molar-refractivity contribution in [3.63, 3.8) is 0 Å². The zero-order chi connectivity index (χ0) is 24.1. The summed E-state index contributed by atoms with van der Waals surface area (Å²) in [5.41, 5.74) is 0.831. The smallest absolute Gasteiger partial charge is 0.258 e. The molecule has 174 valence electrons. The number of thioether (sulfide) groups is 1. The molecule has 0 saturated carbocycles. The molecule has 0 spiro atoms. The summed E-state index contributed by atoms with van der Waals surface area (Å²) in [6.07, 6.45) is 1.51. The van der Waals surface area contributed by atoms with Crippen molar-refractivity contribution in [3.8, 4) is 11.5 Å². The molecule has 1 aromatic heterocycles. The van der Waals surface area contributed by atoms with Crippen molar-refractivity contribution in [1.29, 1.82) is 0 Å². The van der Waals surface area contributed by atoms with E-state index in [1.807, 2.05) is 0 Å². The van der Waals surface area contributed by atoms with Crippen LogP contribution in [0, 0.1) is 5.82 Å². The molecule has 9 nitrogen and oxygen atoms in total. The predicted octanol–water partition coefficient (Wildman–Crippen LogP) is 3.29. The number of carbonyl (C=O) groups is 3. The van der Waals surface area contributed by atoms with Gasteiger partial charge in [0.2, 0.25) is 12.7 Å². The molecule has 0 unspecified atom stereocenters. The summed E-state index contributed by atoms with van der Waals surface area (Å²) < 4.78 is 24.4. The summed E-state index contributed by atoms with van der Waals surface area (Å²) in [4.78, 5) is 41.2. The molecule has 0 bridgehead atoms. The van der Waals surface area contributed by atoms with Crippen molar-refractivity contribution in [2.45, 2.75) is 5.03 Å². The molecule has 34 heavy (non-hydrogen) atoms. The molecule has 1 aliphatic heterocycles. The summed E-state index contributed by atoms with van der Waals surface area (Å²) >= 11 is 1.09. The summed E-state index contributed by atoms with van der Waals surface area (Å²) in [5, 5.41) is 8.08. The third-order valence-corrected chi connectivity index (χ3v) is 5.71. The van der Waals surface area contributed by atoms with Gasteiger partial charge in [-0.3, -0.25) is 14.4 Å². The molecule has 2 aromatic carbocycles. The van der Waals surface area contributed by atoms with E-state index in [1.54, 1.807) is 30.3 Å². The Bertz CT molecular complexity index is 1270. The third kappa shape index (κ3) is 5.26. The highest BCUT2D eigenvalue weighted by atomic mass is 32.2. The number of nitrogens with zero attached hydrogens (tertiary/aromatic N) is 1. The van der Waals surface area contributed by atoms with Crippen LogP contribution in [0.3, 0.4) is 0 Å². The van der Waals surface area contributed by atoms with Crippen LogP contribution in [-0.4, -0.2) is 42.3 Å². The van der Waals surface area contributed by atoms with Crippen LogP contribution in [0.25, 0.3) is 0 Å². The number of carbonyl (C=O) groups excluding carboxylic acids is 3. The van der Waals surface area contributed by atoms with Gasteiger partial charge >= 0.3 is 0 Å². The van der Waals surface area contributed by atoms with Crippen molar-refractivity contribution < 1.29 is 28.2 Å². The van der Waals surface area contributed by atoms with Gasteiger partial charge in [0.1, 0.15) is 10.8 Å². The van der Waals surface area contributed by atoms with E-state index >= 15 is 0 Å². The normalized spacial score (nSPS) is 11.6. The number of hydrogen-bond donors (Lipinski definition) is 3. The van der Waals surface area contributed by atoms with Crippen molar-refractivity contribution in [2.75, 3.05) is 30.2 Å². The maximum Gasteiger partial charge on any atom is 0.258 e. The van der Waals surface area contributed by atoms with Gasteiger partial charge in [0, 0.05) is 30.7 Å². The molecule has 1 aliphatic rings. The van der Waals surface area contributed by atoms with Crippen LogP contribution in [0.4, 0.5) is 15.8 Å². The van der Waals surface area contributed by atoms with E-state index in [9.17, 15) is 18.8 Å². The Balaban J connectivity index is 1.41. The quantitative estimate of drug-likeness (QED) is 0.442. The van der Waals surface area contributed by atoms with Gasteiger partial charge in [-0.25, -0.2) is 9.37 Å². The number of aromatic nitrogens is 1. The molecule has 0 atom stereocenters. The van der Waals surface area contributed by atoms with E-state index in [0.717, 1.165) is 17.8 Å². The Morgan fingerprint density at radius 1 is 0.971 bits per heavy atom. The Morgan fingerprint density at radius 3 is 2.56 bits per heavy atom. The summed E-state index contributed by atoms with van der Waals surface area (Å²) in [7, 11) is 1.38. The second-order valence-corrected chi connectivity index (χ2v) is 7.95. The minimum absolute atomic E-state index is 0.00308. The molecule has 0 aliphatic carbocycles. The lowest BCUT2D eigenvalue weighted by Crippen LogP contribution is -2.20. The van der Waals surface area contributed by atoms with Gasteiger partial charge in [-0.2, -0.15) is 0 Å². The van der Waals surface area contributed by atoms with E-state index in [0.29, 0.717) is 22.2 Å². The molecule has 0 saturated heterocycles. The molecule has 3 amide bonds. The van der Waals surface area contributed by atoms with Crippen LogP contribution < -0.4 is 25.4 Å². The van der Waals surface area contributed by atoms with Crippen LogP contribution >= 0.6 is 11.8 Å². The average Bonchev–Trinajstić information content (AvgIpc) is 3.31. The van der Waals surface area contributed by atoms with E-state index < -0.39 is 17.6 Å². The second kappa shape index (κ2) is 10.2. The number of halogens is 1. The zero-order valence-electron chi connectivity index (χ0n) is 17.9. The topological polar surface area (TPSA) is 119 Å². The molecule has 11 heteroatoms. The molecule has 3 aromatic rings. The SMILES string of the molecule is CNC(=O)c1cc(NC(=O)c2cccnc2SCC(=O)Nc2ccc3c(c2)OCO3)ccc1F. The first-order chi connectivity index (χ1) is 16.4. The molecular formula is C23H19FN4O5S. The number of fused-ring (bicyclic) bond motifs is 1. The third-order valence-electron chi connectivity index (χ3n) is 4.71. The summed E-state index contributed by atoms with van der Waals surface area (Å²) in [6, 6.07) is 11.9. The minimum atomic E-state index is -0.705. The number of hydrogen-bond acceptors (Lipinski definition) is 7. The van der Waals surface area contributed by atoms with Gasteiger partial charge < -0.3 is 25.4 Å².